The Balaban J connectivity index is 2.79. The summed E-state index contributed by atoms with van der Waals surface area (Å²) in [5.41, 5.74) is 6.16. The van der Waals surface area contributed by atoms with Gasteiger partial charge in [-0.3, -0.25) is 0 Å². The molecule has 5 heteroatoms. The molecule has 0 amide bonds. The highest BCUT2D eigenvalue weighted by Crippen LogP contribution is 2.15. The van der Waals surface area contributed by atoms with Crippen LogP contribution in [0.1, 0.15) is 12.6 Å². The van der Waals surface area contributed by atoms with Crippen molar-refractivity contribution in [2.24, 2.45) is 5.73 Å². The number of aryl methyl sites for hydroxylation is 1. The average Bonchev–Trinajstić information content (AvgIpc) is 2.48. The molecular formula is C8H14ClN3O. The number of hydrogen-bond acceptors (Lipinski definition) is 3. The monoisotopic (exact) mass is 203 g/mol. The van der Waals surface area contributed by atoms with E-state index in [1.165, 1.54) is 0 Å². The second kappa shape index (κ2) is 4.60. The Morgan fingerprint density at radius 3 is 3.00 bits per heavy atom. The lowest BCUT2D eigenvalue weighted by molar-refractivity contribution is 0.181. The third kappa shape index (κ3) is 2.43. The molecule has 0 aromatic carbocycles. The van der Waals surface area contributed by atoms with Gasteiger partial charge in [0.25, 0.3) is 0 Å². The molecule has 1 heterocycles. The second-order valence-corrected chi connectivity index (χ2v) is 3.22. The van der Waals surface area contributed by atoms with Gasteiger partial charge in [0.1, 0.15) is 5.15 Å². The van der Waals surface area contributed by atoms with E-state index in [1.54, 1.807) is 6.33 Å². The first-order chi connectivity index (χ1) is 6.19. The summed E-state index contributed by atoms with van der Waals surface area (Å²) in [6.07, 6.45) is 1.59. The first-order valence-corrected chi connectivity index (χ1v) is 4.64. The van der Waals surface area contributed by atoms with Gasteiger partial charge in [-0.2, -0.15) is 0 Å². The van der Waals surface area contributed by atoms with Gasteiger partial charge in [0, 0.05) is 19.5 Å². The van der Waals surface area contributed by atoms with Gasteiger partial charge in [-0.25, -0.2) is 4.98 Å². The fraction of sp³-hybridized carbons (Fsp3) is 0.625. The molecule has 0 aliphatic heterocycles. The van der Waals surface area contributed by atoms with E-state index in [2.05, 4.69) is 4.98 Å². The largest absolute Gasteiger partial charge is 0.391 e. The zero-order valence-corrected chi connectivity index (χ0v) is 8.33. The molecule has 0 radical (unpaired) electrons. The summed E-state index contributed by atoms with van der Waals surface area (Å²) in [5, 5.41) is 9.80. The lowest BCUT2D eigenvalue weighted by atomic mass is 10.2. The summed E-state index contributed by atoms with van der Waals surface area (Å²) in [4.78, 5) is 3.95. The van der Waals surface area contributed by atoms with Gasteiger partial charge in [0.2, 0.25) is 0 Å². The number of imidazole rings is 1. The van der Waals surface area contributed by atoms with E-state index in [0.29, 0.717) is 11.6 Å². The molecule has 4 nitrogen and oxygen atoms in total. The summed E-state index contributed by atoms with van der Waals surface area (Å²) in [6.45, 7) is 3.04. The number of aliphatic hydroxyl groups excluding tert-OH is 1. The van der Waals surface area contributed by atoms with Gasteiger partial charge in [0.05, 0.1) is 18.1 Å². The van der Waals surface area contributed by atoms with Crippen LogP contribution in [-0.2, 0) is 13.0 Å². The third-order valence-corrected chi connectivity index (χ3v) is 2.25. The fourth-order valence-corrected chi connectivity index (χ4v) is 1.39. The second-order valence-electron chi connectivity index (χ2n) is 2.86. The van der Waals surface area contributed by atoms with Crippen LogP contribution in [0.15, 0.2) is 6.33 Å². The van der Waals surface area contributed by atoms with E-state index in [9.17, 15) is 5.11 Å². The minimum atomic E-state index is -0.542. The number of aromatic nitrogens is 2. The van der Waals surface area contributed by atoms with Gasteiger partial charge in [-0.05, 0) is 6.92 Å². The van der Waals surface area contributed by atoms with Crippen molar-refractivity contribution in [1.82, 2.24) is 9.55 Å². The zero-order chi connectivity index (χ0) is 9.84. The molecule has 3 N–H and O–H groups in total. The highest BCUT2D eigenvalue weighted by molar-refractivity contribution is 6.30. The Bertz CT molecular complexity index is 274. The molecule has 0 fully saturated rings. The maximum atomic E-state index is 9.35. The highest BCUT2D eigenvalue weighted by Gasteiger charge is 2.11. The van der Waals surface area contributed by atoms with E-state index >= 15 is 0 Å². The van der Waals surface area contributed by atoms with Gasteiger partial charge < -0.3 is 15.4 Å². The average molecular weight is 204 g/mol. The number of nitrogens with zero attached hydrogens (tertiary/aromatic N) is 2. The number of rotatable bonds is 4. The van der Waals surface area contributed by atoms with E-state index in [1.807, 2.05) is 11.5 Å². The van der Waals surface area contributed by atoms with Crippen molar-refractivity contribution >= 4 is 11.6 Å². The van der Waals surface area contributed by atoms with Crippen molar-refractivity contribution in [2.45, 2.75) is 26.0 Å². The quantitative estimate of drug-likeness (QED) is 0.746. The Morgan fingerprint density at radius 1 is 1.77 bits per heavy atom. The fourth-order valence-electron chi connectivity index (χ4n) is 1.16. The summed E-state index contributed by atoms with van der Waals surface area (Å²) in [7, 11) is 0. The molecule has 13 heavy (non-hydrogen) atoms. The molecular weight excluding hydrogens is 190 g/mol. The number of aliphatic hydroxyl groups is 1. The van der Waals surface area contributed by atoms with Gasteiger partial charge in [0.15, 0.2) is 0 Å². The number of halogens is 1. The maximum Gasteiger partial charge on any atom is 0.150 e. The molecule has 0 aliphatic rings. The molecule has 0 aliphatic carbocycles. The number of nitrogens with two attached hydrogens (primary N) is 1. The van der Waals surface area contributed by atoms with Gasteiger partial charge in [-0.1, -0.05) is 11.6 Å². The summed E-state index contributed by atoms with van der Waals surface area (Å²) in [5.74, 6) is 0. The van der Waals surface area contributed by atoms with Crippen molar-refractivity contribution in [3.05, 3.63) is 17.2 Å². The van der Waals surface area contributed by atoms with Crippen molar-refractivity contribution in [1.29, 1.82) is 0 Å². The van der Waals surface area contributed by atoms with Crippen molar-refractivity contribution in [2.75, 3.05) is 6.54 Å². The molecule has 1 aromatic heterocycles. The van der Waals surface area contributed by atoms with Crippen LogP contribution in [0.4, 0.5) is 0 Å². The topological polar surface area (TPSA) is 64.1 Å². The predicted octanol–water partition coefficient (Wildman–Crippen LogP) is 0.419. The van der Waals surface area contributed by atoms with Gasteiger partial charge >= 0.3 is 0 Å². The molecule has 1 atom stereocenters. The summed E-state index contributed by atoms with van der Waals surface area (Å²) < 4.78 is 1.90. The van der Waals surface area contributed by atoms with E-state index in [0.717, 1.165) is 12.2 Å². The maximum absolute atomic E-state index is 9.35. The molecule has 0 spiro atoms. The molecule has 0 saturated heterocycles. The highest BCUT2D eigenvalue weighted by atomic mass is 35.5. The zero-order valence-electron chi connectivity index (χ0n) is 7.57. The van der Waals surface area contributed by atoms with Crippen LogP contribution in [0.2, 0.25) is 5.15 Å². The van der Waals surface area contributed by atoms with Crippen molar-refractivity contribution in [3.63, 3.8) is 0 Å². The lowest BCUT2D eigenvalue weighted by Gasteiger charge is -2.09. The van der Waals surface area contributed by atoms with Crippen molar-refractivity contribution in [3.8, 4) is 0 Å². The van der Waals surface area contributed by atoms with Crippen LogP contribution >= 0.6 is 11.6 Å². The molecule has 1 aromatic rings. The molecule has 1 unspecified atom stereocenters. The van der Waals surface area contributed by atoms with Crippen molar-refractivity contribution < 1.29 is 5.11 Å². The first kappa shape index (κ1) is 10.5. The van der Waals surface area contributed by atoms with Crippen LogP contribution in [0.25, 0.3) is 0 Å². The molecule has 1 rings (SSSR count). The molecule has 0 bridgehead atoms. The minimum absolute atomic E-state index is 0.241. The first-order valence-electron chi connectivity index (χ1n) is 4.26. The predicted molar refractivity (Wildman–Crippen MR) is 51.7 cm³/mol. The molecule has 0 saturated carbocycles. The van der Waals surface area contributed by atoms with E-state index in [-0.39, 0.29) is 6.54 Å². The number of hydrogen-bond donors (Lipinski definition) is 2. The van der Waals surface area contributed by atoms with Crippen LogP contribution in [0, 0.1) is 0 Å². The van der Waals surface area contributed by atoms with E-state index < -0.39 is 6.10 Å². The normalized spacial score (nSPS) is 13.2. The SMILES string of the molecule is CCn1cnc(Cl)c1CC(O)CN. The van der Waals surface area contributed by atoms with Crippen LogP contribution in [0.3, 0.4) is 0 Å². The Labute approximate surface area is 82.3 Å². The third-order valence-electron chi connectivity index (χ3n) is 1.94. The van der Waals surface area contributed by atoms with Crippen LogP contribution < -0.4 is 5.73 Å². The Kier molecular flexibility index (Phi) is 3.71. The standard InChI is InChI=1S/C8H14ClN3O/c1-2-12-5-11-8(9)7(12)3-6(13)4-10/h5-6,13H,2-4,10H2,1H3. The van der Waals surface area contributed by atoms with Crippen LogP contribution in [0.5, 0.6) is 0 Å². The van der Waals surface area contributed by atoms with E-state index in [4.69, 9.17) is 17.3 Å². The summed E-state index contributed by atoms with van der Waals surface area (Å²) >= 11 is 5.84. The summed E-state index contributed by atoms with van der Waals surface area (Å²) in [6, 6.07) is 0. The van der Waals surface area contributed by atoms with Gasteiger partial charge in [-0.15, -0.1) is 0 Å². The Hall–Kier alpha value is -0.580. The minimum Gasteiger partial charge on any atom is -0.391 e. The Morgan fingerprint density at radius 2 is 2.46 bits per heavy atom. The lowest BCUT2D eigenvalue weighted by Crippen LogP contribution is -2.23. The smallest absolute Gasteiger partial charge is 0.150 e. The van der Waals surface area contributed by atoms with Crippen LogP contribution in [-0.4, -0.2) is 27.3 Å². The molecule has 74 valence electrons.